The molecule has 1 N–H and O–H groups in total. The van der Waals surface area contributed by atoms with Crippen molar-refractivity contribution < 1.29 is 22.7 Å². The summed E-state index contributed by atoms with van der Waals surface area (Å²) in [6.45, 7) is 0. The fraction of sp³-hybridized carbons (Fsp3) is 0.176. The molecule has 1 fully saturated rings. The third-order valence-corrected chi connectivity index (χ3v) is 5.84. The van der Waals surface area contributed by atoms with E-state index in [2.05, 4.69) is 5.32 Å². The number of sulfonamides is 1. The Labute approximate surface area is 155 Å². The summed E-state index contributed by atoms with van der Waals surface area (Å²) in [4.78, 5) is 24.1. The van der Waals surface area contributed by atoms with Crippen LogP contribution in [-0.2, 0) is 14.8 Å². The predicted molar refractivity (Wildman–Crippen MR) is 98.3 cm³/mol. The molecular weight excluding hydrogens is 380 g/mol. The standard InChI is InChI=1S/C17H15ClN2O5S/c1-25-15-7-4-12(10-14(15)18)19-17(22)11-2-5-13(6-3-11)20-16(21)8-9-26(20,23)24/h2-7,10H,8-9H2,1H3,(H,19,22). The Bertz CT molecular complexity index is 973. The van der Waals surface area contributed by atoms with Gasteiger partial charge in [-0.1, -0.05) is 11.6 Å². The van der Waals surface area contributed by atoms with Gasteiger partial charge in [0.05, 0.1) is 23.6 Å². The number of nitrogens with zero attached hydrogens (tertiary/aromatic N) is 1. The molecule has 1 aliphatic rings. The van der Waals surface area contributed by atoms with E-state index in [0.29, 0.717) is 22.0 Å². The summed E-state index contributed by atoms with van der Waals surface area (Å²) in [5, 5.41) is 3.05. The highest BCUT2D eigenvalue weighted by molar-refractivity contribution is 7.94. The highest BCUT2D eigenvalue weighted by atomic mass is 35.5. The number of carbonyl (C=O) groups is 2. The Hall–Kier alpha value is -2.58. The maximum Gasteiger partial charge on any atom is 0.255 e. The number of ether oxygens (including phenoxy) is 1. The predicted octanol–water partition coefficient (Wildman–Crippen LogP) is 2.67. The van der Waals surface area contributed by atoms with Gasteiger partial charge in [-0.15, -0.1) is 0 Å². The van der Waals surface area contributed by atoms with E-state index in [0.717, 1.165) is 4.31 Å². The summed E-state index contributed by atoms with van der Waals surface area (Å²) in [6.07, 6.45) is -0.0389. The van der Waals surface area contributed by atoms with E-state index in [-0.39, 0.29) is 17.9 Å². The van der Waals surface area contributed by atoms with Crippen LogP contribution in [0.25, 0.3) is 0 Å². The van der Waals surface area contributed by atoms with Crippen molar-refractivity contribution in [3.63, 3.8) is 0 Å². The third-order valence-electron chi connectivity index (χ3n) is 3.85. The van der Waals surface area contributed by atoms with Crippen LogP contribution in [0.15, 0.2) is 42.5 Å². The lowest BCUT2D eigenvalue weighted by Gasteiger charge is -2.15. The zero-order chi connectivity index (χ0) is 18.9. The van der Waals surface area contributed by atoms with Gasteiger partial charge in [0, 0.05) is 17.7 Å². The molecule has 0 radical (unpaired) electrons. The molecule has 26 heavy (non-hydrogen) atoms. The van der Waals surface area contributed by atoms with Gasteiger partial charge in [0.15, 0.2) is 0 Å². The first-order valence-electron chi connectivity index (χ1n) is 7.62. The van der Waals surface area contributed by atoms with Crippen molar-refractivity contribution in [3.05, 3.63) is 53.1 Å². The number of nitrogens with one attached hydrogen (secondary N) is 1. The van der Waals surface area contributed by atoms with Crippen LogP contribution >= 0.6 is 11.6 Å². The first-order chi connectivity index (χ1) is 12.3. The van der Waals surface area contributed by atoms with Crippen LogP contribution in [0.2, 0.25) is 5.02 Å². The zero-order valence-corrected chi connectivity index (χ0v) is 15.3. The summed E-state index contributed by atoms with van der Waals surface area (Å²) >= 11 is 6.02. The summed E-state index contributed by atoms with van der Waals surface area (Å²) in [7, 11) is -2.13. The molecule has 9 heteroatoms. The average molecular weight is 395 g/mol. The molecule has 0 spiro atoms. The van der Waals surface area contributed by atoms with Crippen molar-refractivity contribution in [2.75, 3.05) is 22.5 Å². The minimum Gasteiger partial charge on any atom is -0.495 e. The Morgan fingerprint density at radius 3 is 2.42 bits per heavy atom. The van der Waals surface area contributed by atoms with Crippen LogP contribution in [0.1, 0.15) is 16.8 Å². The Morgan fingerprint density at radius 2 is 1.88 bits per heavy atom. The first kappa shape index (κ1) is 18.2. The van der Waals surface area contributed by atoms with Gasteiger partial charge in [0.2, 0.25) is 15.9 Å². The lowest BCUT2D eigenvalue weighted by Crippen LogP contribution is -2.29. The van der Waals surface area contributed by atoms with Crippen LogP contribution in [0.4, 0.5) is 11.4 Å². The van der Waals surface area contributed by atoms with Crippen LogP contribution in [0, 0.1) is 0 Å². The summed E-state index contributed by atoms with van der Waals surface area (Å²) in [5.74, 6) is -0.583. The molecule has 0 aromatic heterocycles. The minimum absolute atomic E-state index is 0.0389. The lowest BCUT2D eigenvalue weighted by atomic mass is 10.2. The average Bonchev–Trinajstić information content (AvgIpc) is 2.88. The van der Waals surface area contributed by atoms with Crippen molar-refractivity contribution >= 4 is 44.8 Å². The van der Waals surface area contributed by atoms with Crippen molar-refractivity contribution in [1.29, 1.82) is 0 Å². The highest BCUT2D eigenvalue weighted by Gasteiger charge is 2.36. The number of anilines is 2. The molecule has 0 aliphatic carbocycles. The normalized spacial score (nSPS) is 15.8. The van der Waals surface area contributed by atoms with Gasteiger partial charge in [-0.3, -0.25) is 9.59 Å². The smallest absolute Gasteiger partial charge is 0.255 e. The molecular formula is C17H15ClN2O5S. The van der Waals surface area contributed by atoms with E-state index in [4.69, 9.17) is 16.3 Å². The number of hydrogen-bond acceptors (Lipinski definition) is 5. The number of carbonyl (C=O) groups excluding carboxylic acids is 2. The topological polar surface area (TPSA) is 92.8 Å². The zero-order valence-electron chi connectivity index (χ0n) is 13.7. The van der Waals surface area contributed by atoms with Crippen LogP contribution < -0.4 is 14.4 Å². The molecule has 0 bridgehead atoms. The molecule has 0 atom stereocenters. The van der Waals surface area contributed by atoms with Crippen LogP contribution in [0.5, 0.6) is 5.75 Å². The van der Waals surface area contributed by atoms with Crippen molar-refractivity contribution in [3.8, 4) is 5.75 Å². The molecule has 2 amide bonds. The Kier molecular flexibility index (Phi) is 4.88. The van der Waals surface area contributed by atoms with Gasteiger partial charge in [-0.2, -0.15) is 0 Å². The second-order valence-electron chi connectivity index (χ2n) is 5.57. The minimum atomic E-state index is -3.63. The summed E-state index contributed by atoms with van der Waals surface area (Å²) in [6, 6.07) is 10.6. The van der Waals surface area contributed by atoms with Gasteiger partial charge in [0.1, 0.15) is 5.75 Å². The quantitative estimate of drug-likeness (QED) is 0.860. The number of methoxy groups -OCH3 is 1. The number of amides is 2. The number of hydrogen-bond donors (Lipinski definition) is 1. The van der Waals surface area contributed by atoms with Crippen molar-refractivity contribution in [2.24, 2.45) is 0 Å². The van der Waals surface area contributed by atoms with Crippen LogP contribution in [-0.4, -0.2) is 33.1 Å². The monoisotopic (exact) mass is 394 g/mol. The van der Waals surface area contributed by atoms with Gasteiger partial charge >= 0.3 is 0 Å². The molecule has 1 aliphatic heterocycles. The molecule has 136 valence electrons. The molecule has 0 unspecified atom stereocenters. The second kappa shape index (κ2) is 6.97. The molecule has 3 rings (SSSR count). The third kappa shape index (κ3) is 3.51. The molecule has 2 aromatic carbocycles. The largest absolute Gasteiger partial charge is 0.495 e. The summed E-state index contributed by atoms with van der Waals surface area (Å²) < 4.78 is 29.7. The lowest BCUT2D eigenvalue weighted by molar-refractivity contribution is -0.116. The maximum absolute atomic E-state index is 12.3. The fourth-order valence-electron chi connectivity index (χ4n) is 2.56. The van der Waals surface area contributed by atoms with Crippen LogP contribution in [0.3, 0.4) is 0 Å². The van der Waals surface area contributed by atoms with E-state index in [1.807, 2.05) is 0 Å². The summed E-state index contributed by atoms with van der Waals surface area (Å²) in [5.41, 5.74) is 1.02. The van der Waals surface area contributed by atoms with Crippen molar-refractivity contribution in [1.82, 2.24) is 0 Å². The van der Waals surface area contributed by atoms with E-state index >= 15 is 0 Å². The van der Waals surface area contributed by atoms with E-state index in [9.17, 15) is 18.0 Å². The molecule has 1 heterocycles. The Balaban J connectivity index is 1.77. The molecule has 1 saturated heterocycles. The first-order valence-corrected chi connectivity index (χ1v) is 9.61. The van der Waals surface area contributed by atoms with Crippen molar-refractivity contribution in [2.45, 2.75) is 6.42 Å². The second-order valence-corrected chi connectivity index (χ2v) is 7.92. The van der Waals surface area contributed by atoms with E-state index in [1.165, 1.54) is 31.4 Å². The van der Waals surface area contributed by atoms with Gasteiger partial charge in [-0.25, -0.2) is 12.7 Å². The molecule has 0 saturated carbocycles. The van der Waals surface area contributed by atoms with E-state index in [1.54, 1.807) is 18.2 Å². The number of benzene rings is 2. The molecule has 7 nitrogen and oxygen atoms in total. The van der Waals surface area contributed by atoms with Gasteiger partial charge in [0.25, 0.3) is 5.91 Å². The molecule has 2 aromatic rings. The SMILES string of the molecule is COc1ccc(NC(=O)c2ccc(N3C(=O)CCS3(=O)=O)cc2)cc1Cl. The maximum atomic E-state index is 12.3. The highest BCUT2D eigenvalue weighted by Crippen LogP contribution is 2.28. The number of halogens is 1. The number of rotatable bonds is 4. The van der Waals surface area contributed by atoms with Gasteiger partial charge in [-0.05, 0) is 42.5 Å². The fourth-order valence-corrected chi connectivity index (χ4v) is 4.28. The van der Waals surface area contributed by atoms with Gasteiger partial charge < -0.3 is 10.1 Å². The van der Waals surface area contributed by atoms with E-state index < -0.39 is 21.8 Å². The Morgan fingerprint density at radius 1 is 1.19 bits per heavy atom.